The first-order valence-corrected chi connectivity index (χ1v) is 6.24. The van der Waals surface area contributed by atoms with E-state index < -0.39 is 0 Å². The van der Waals surface area contributed by atoms with Crippen LogP contribution in [0.15, 0.2) is 18.2 Å². The van der Waals surface area contributed by atoms with Crippen molar-refractivity contribution in [2.45, 2.75) is 38.3 Å². The van der Waals surface area contributed by atoms with Gasteiger partial charge in [-0.1, -0.05) is 6.07 Å². The van der Waals surface area contributed by atoms with E-state index in [0.29, 0.717) is 12.1 Å². The fraction of sp³-hybridized carbons (Fsp3) is 0.571. The maximum absolute atomic E-state index is 13.0. The van der Waals surface area contributed by atoms with Gasteiger partial charge in [-0.25, -0.2) is 4.39 Å². The lowest BCUT2D eigenvalue weighted by Crippen LogP contribution is -2.39. The highest BCUT2D eigenvalue weighted by Crippen LogP contribution is 2.20. The summed E-state index contributed by atoms with van der Waals surface area (Å²) in [5.74, 6) is -0.163. The summed E-state index contributed by atoms with van der Waals surface area (Å²) in [5, 5.41) is 3.32. The maximum atomic E-state index is 13.0. The molecule has 0 spiro atoms. The lowest BCUT2D eigenvalue weighted by molar-refractivity contribution is 0.0808. The van der Waals surface area contributed by atoms with Crippen LogP contribution in [0.4, 0.5) is 4.39 Å². The smallest absolute Gasteiger partial charge is 0.123 e. The normalized spacial score (nSPS) is 21.7. The van der Waals surface area contributed by atoms with Crippen LogP contribution in [0.3, 0.4) is 0 Å². The van der Waals surface area contributed by atoms with Crippen molar-refractivity contribution in [3.05, 3.63) is 35.1 Å². The van der Waals surface area contributed by atoms with Crippen molar-refractivity contribution >= 4 is 0 Å². The Hall–Kier alpha value is -0.930. The van der Waals surface area contributed by atoms with Gasteiger partial charge in [0.1, 0.15) is 5.82 Å². The molecule has 0 aliphatic carbocycles. The molecule has 1 fully saturated rings. The van der Waals surface area contributed by atoms with Crippen LogP contribution in [-0.2, 0) is 11.2 Å². The predicted molar refractivity (Wildman–Crippen MR) is 66.7 cm³/mol. The third-order valence-electron chi connectivity index (χ3n) is 3.53. The van der Waals surface area contributed by atoms with Crippen LogP contribution >= 0.6 is 0 Å². The molecule has 1 heterocycles. The van der Waals surface area contributed by atoms with Crippen molar-refractivity contribution in [3.63, 3.8) is 0 Å². The maximum Gasteiger partial charge on any atom is 0.123 e. The zero-order valence-corrected chi connectivity index (χ0v) is 10.5. The highest BCUT2D eigenvalue weighted by atomic mass is 19.1. The van der Waals surface area contributed by atoms with Crippen molar-refractivity contribution in [2.75, 3.05) is 13.7 Å². The molecule has 0 radical (unpaired) electrons. The first-order valence-electron chi connectivity index (χ1n) is 6.24. The molecule has 1 aromatic rings. The SMILES string of the molecule is CNC(Cc1ccc(F)cc1C)C1CCCO1. The van der Waals surface area contributed by atoms with E-state index in [1.807, 2.05) is 20.0 Å². The molecule has 0 aromatic heterocycles. The Bertz CT molecular complexity index is 374. The number of benzene rings is 1. The van der Waals surface area contributed by atoms with E-state index in [9.17, 15) is 4.39 Å². The Morgan fingerprint density at radius 3 is 2.94 bits per heavy atom. The first-order chi connectivity index (χ1) is 8.20. The van der Waals surface area contributed by atoms with E-state index in [1.165, 1.54) is 11.6 Å². The molecule has 2 nitrogen and oxygen atoms in total. The Morgan fingerprint density at radius 1 is 1.53 bits per heavy atom. The van der Waals surface area contributed by atoms with Gasteiger partial charge in [-0.05, 0) is 56.5 Å². The Morgan fingerprint density at radius 2 is 2.35 bits per heavy atom. The summed E-state index contributed by atoms with van der Waals surface area (Å²) in [6.45, 7) is 2.83. The van der Waals surface area contributed by atoms with Crippen LogP contribution in [0.1, 0.15) is 24.0 Å². The number of nitrogens with one attached hydrogen (secondary N) is 1. The van der Waals surface area contributed by atoms with Gasteiger partial charge >= 0.3 is 0 Å². The molecule has 1 saturated heterocycles. The molecule has 0 amide bonds. The van der Waals surface area contributed by atoms with E-state index in [1.54, 1.807) is 6.07 Å². The highest BCUT2D eigenvalue weighted by Gasteiger charge is 2.25. The van der Waals surface area contributed by atoms with E-state index in [-0.39, 0.29) is 5.82 Å². The minimum absolute atomic E-state index is 0.163. The third kappa shape index (κ3) is 3.05. The second kappa shape index (κ2) is 5.61. The number of ether oxygens (including phenoxy) is 1. The third-order valence-corrected chi connectivity index (χ3v) is 3.53. The van der Waals surface area contributed by atoms with Crippen molar-refractivity contribution in [1.29, 1.82) is 0 Å². The van der Waals surface area contributed by atoms with Crippen LogP contribution in [0, 0.1) is 12.7 Å². The zero-order valence-electron chi connectivity index (χ0n) is 10.5. The van der Waals surface area contributed by atoms with Gasteiger partial charge in [0.15, 0.2) is 0 Å². The van der Waals surface area contributed by atoms with Gasteiger partial charge in [-0.2, -0.15) is 0 Å². The monoisotopic (exact) mass is 237 g/mol. The topological polar surface area (TPSA) is 21.3 Å². The minimum atomic E-state index is -0.163. The van der Waals surface area contributed by atoms with E-state index in [0.717, 1.165) is 31.4 Å². The van der Waals surface area contributed by atoms with Gasteiger partial charge in [0.25, 0.3) is 0 Å². The van der Waals surface area contributed by atoms with Crippen LogP contribution in [0.2, 0.25) is 0 Å². The van der Waals surface area contributed by atoms with Crippen LogP contribution in [-0.4, -0.2) is 25.8 Å². The summed E-state index contributed by atoms with van der Waals surface area (Å²) in [7, 11) is 1.96. The minimum Gasteiger partial charge on any atom is -0.377 e. The molecule has 1 N–H and O–H groups in total. The largest absolute Gasteiger partial charge is 0.377 e. The zero-order chi connectivity index (χ0) is 12.3. The fourth-order valence-electron chi connectivity index (χ4n) is 2.46. The molecule has 2 atom stereocenters. The second-order valence-corrected chi connectivity index (χ2v) is 4.72. The van der Waals surface area contributed by atoms with Gasteiger partial charge in [0.2, 0.25) is 0 Å². The van der Waals surface area contributed by atoms with Crippen LogP contribution < -0.4 is 5.32 Å². The number of likely N-dealkylation sites (N-methyl/N-ethyl adjacent to an activating group) is 1. The molecular weight excluding hydrogens is 217 g/mol. The van der Waals surface area contributed by atoms with E-state index in [4.69, 9.17) is 4.74 Å². The summed E-state index contributed by atoms with van der Waals surface area (Å²) in [5.41, 5.74) is 2.21. The van der Waals surface area contributed by atoms with Gasteiger partial charge < -0.3 is 10.1 Å². The van der Waals surface area contributed by atoms with E-state index >= 15 is 0 Å². The molecule has 0 saturated carbocycles. The predicted octanol–water partition coefficient (Wildman–Crippen LogP) is 2.44. The molecule has 1 aliphatic rings. The molecule has 1 aliphatic heterocycles. The van der Waals surface area contributed by atoms with Crippen LogP contribution in [0.25, 0.3) is 0 Å². The van der Waals surface area contributed by atoms with Crippen molar-refractivity contribution in [1.82, 2.24) is 5.32 Å². The Balaban J connectivity index is 2.06. The lowest BCUT2D eigenvalue weighted by atomic mass is 9.96. The quantitative estimate of drug-likeness (QED) is 0.868. The highest BCUT2D eigenvalue weighted by molar-refractivity contribution is 5.27. The van der Waals surface area contributed by atoms with Gasteiger partial charge in [-0.3, -0.25) is 0 Å². The molecule has 2 unspecified atom stereocenters. The Kier molecular flexibility index (Phi) is 4.13. The van der Waals surface area contributed by atoms with Gasteiger partial charge in [0.05, 0.1) is 6.10 Å². The molecule has 2 rings (SSSR count). The summed E-state index contributed by atoms with van der Waals surface area (Å²) < 4.78 is 18.7. The number of rotatable bonds is 4. The first kappa shape index (κ1) is 12.5. The number of aryl methyl sites for hydroxylation is 1. The summed E-state index contributed by atoms with van der Waals surface area (Å²) in [6, 6.07) is 5.33. The molecule has 0 bridgehead atoms. The van der Waals surface area contributed by atoms with E-state index in [2.05, 4.69) is 5.32 Å². The molecule has 94 valence electrons. The van der Waals surface area contributed by atoms with Gasteiger partial charge in [0, 0.05) is 12.6 Å². The van der Waals surface area contributed by atoms with Crippen molar-refractivity contribution in [2.24, 2.45) is 0 Å². The number of hydrogen-bond acceptors (Lipinski definition) is 2. The fourth-order valence-corrected chi connectivity index (χ4v) is 2.46. The lowest BCUT2D eigenvalue weighted by Gasteiger charge is -2.23. The average Bonchev–Trinajstić information content (AvgIpc) is 2.81. The van der Waals surface area contributed by atoms with Crippen molar-refractivity contribution in [3.8, 4) is 0 Å². The summed E-state index contributed by atoms with van der Waals surface area (Å²) >= 11 is 0. The standard InChI is InChI=1S/C14H20FNO/c1-10-8-12(15)6-5-11(10)9-13(16-2)14-4-3-7-17-14/h5-6,8,13-14,16H,3-4,7,9H2,1-2H3. The van der Waals surface area contributed by atoms with Gasteiger partial charge in [-0.15, -0.1) is 0 Å². The molecular formula is C14H20FNO. The Labute approximate surface area is 102 Å². The number of hydrogen-bond donors (Lipinski definition) is 1. The molecule has 17 heavy (non-hydrogen) atoms. The molecule has 3 heteroatoms. The average molecular weight is 237 g/mol. The van der Waals surface area contributed by atoms with Crippen LogP contribution in [0.5, 0.6) is 0 Å². The molecule has 1 aromatic carbocycles. The summed E-state index contributed by atoms with van der Waals surface area (Å²) in [6.07, 6.45) is 3.45. The second-order valence-electron chi connectivity index (χ2n) is 4.72. The van der Waals surface area contributed by atoms with Crippen molar-refractivity contribution < 1.29 is 9.13 Å². The number of halogens is 1. The summed E-state index contributed by atoms with van der Waals surface area (Å²) in [4.78, 5) is 0.